The third-order valence-corrected chi connectivity index (χ3v) is 6.40. The van der Waals surface area contributed by atoms with Crippen molar-refractivity contribution >= 4 is 17.2 Å². The van der Waals surface area contributed by atoms with Gasteiger partial charge in [0.25, 0.3) is 0 Å². The molecule has 2 fully saturated rings. The molecule has 0 aromatic carbocycles. The zero-order valence-corrected chi connectivity index (χ0v) is 15.6. The van der Waals surface area contributed by atoms with Crippen molar-refractivity contribution in [3.63, 3.8) is 0 Å². The molecule has 1 aromatic heterocycles. The number of carbonyl (C=O) groups excluding carboxylic acids is 1. The van der Waals surface area contributed by atoms with Gasteiger partial charge in [0, 0.05) is 31.1 Å². The van der Waals surface area contributed by atoms with Crippen LogP contribution in [0.3, 0.4) is 0 Å². The number of aliphatic hydroxyl groups is 1. The largest absolute Gasteiger partial charge is 0.389 e. The van der Waals surface area contributed by atoms with Crippen molar-refractivity contribution in [3.8, 4) is 0 Å². The Balaban J connectivity index is 1.45. The average Bonchev–Trinajstić information content (AvgIpc) is 3.23. The molecule has 2 heterocycles. The van der Waals surface area contributed by atoms with Gasteiger partial charge >= 0.3 is 0 Å². The first-order chi connectivity index (χ1) is 11.5. The monoisotopic (exact) mass is 351 g/mol. The number of aryl methyl sites for hydroxylation is 1. The maximum absolute atomic E-state index is 12.5. The lowest BCUT2D eigenvalue weighted by Crippen LogP contribution is -2.37. The minimum absolute atomic E-state index is 0.142. The second kappa shape index (κ2) is 7.50. The number of nitrogens with zero attached hydrogens (tertiary/aromatic N) is 3. The third kappa shape index (κ3) is 4.35. The lowest BCUT2D eigenvalue weighted by molar-refractivity contribution is -0.135. The summed E-state index contributed by atoms with van der Waals surface area (Å²) in [5.74, 6) is 0.674. The van der Waals surface area contributed by atoms with Crippen LogP contribution in [0.4, 0.5) is 0 Å². The molecule has 0 unspecified atom stereocenters. The molecular formula is C18H29N3O2S. The molecule has 1 saturated heterocycles. The van der Waals surface area contributed by atoms with Gasteiger partial charge in [0.2, 0.25) is 5.91 Å². The van der Waals surface area contributed by atoms with Crippen molar-refractivity contribution in [1.82, 2.24) is 14.8 Å². The van der Waals surface area contributed by atoms with Crippen LogP contribution in [0.1, 0.15) is 49.1 Å². The molecule has 1 amide bonds. The second-order valence-electron chi connectivity index (χ2n) is 7.66. The minimum atomic E-state index is -0.727. The highest BCUT2D eigenvalue weighted by atomic mass is 32.1. The van der Waals surface area contributed by atoms with E-state index in [1.165, 1.54) is 4.88 Å². The highest BCUT2D eigenvalue weighted by molar-refractivity contribution is 7.09. The zero-order chi connectivity index (χ0) is 17.2. The van der Waals surface area contributed by atoms with Crippen molar-refractivity contribution in [2.75, 3.05) is 26.7 Å². The maximum Gasteiger partial charge on any atom is 0.225 e. The summed E-state index contributed by atoms with van der Waals surface area (Å²) in [5.41, 5.74) is 2.30. The molecule has 2 aliphatic rings. The predicted molar refractivity (Wildman–Crippen MR) is 95.9 cm³/mol. The van der Waals surface area contributed by atoms with Crippen LogP contribution in [0.15, 0.2) is 5.51 Å². The molecule has 0 spiro atoms. The van der Waals surface area contributed by atoms with E-state index < -0.39 is 5.60 Å². The number of thiazole rings is 1. The van der Waals surface area contributed by atoms with E-state index in [-0.39, 0.29) is 5.91 Å². The Morgan fingerprint density at radius 2 is 2.25 bits per heavy atom. The molecule has 5 nitrogen and oxygen atoms in total. The summed E-state index contributed by atoms with van der Waals surface area (Å²) in [6, 6.07) is 0. The van der Waals surface area contributed by atoms with Crippen molar-refractivity contribution < 1.29 is 9.90 Å². The topological polar surface area (TPSA) is 56.7 Å². The lowest BCUT2D eigenvalue weighted by atomic mass is 9.97. The summed E-state index contributed by atoms with van der Waals surface area (Å²) in [6.45, 7) is 5.67. The smallest absolute Gasteiger partial charge is 0.225 e. The van der Waals surface area contributed by atoms with E-state index in [1.807, 2.05) is 10.4 Å². The van der Waals surface area contributed by atoms with Crippen LogP contribution in [-0.4, -0.2) is 58.1 Å². The molecule has 0 radical (unpaired) electrons. The van der Waals surface area contributed by atoms with Gasteiger partial charge in [0.1, 0.15) is 0 Å². The van der Waals surface area contributed by atoms with E-state index in [4.69, 9.17) is 0 Å². The molecule has 1 aliphatic carbocycles. The Labute approximate surface area is 148 Å². The van der Waals surface area contributed by atoms with Gasteiger partial charge in [-0.05, 0) is 39.2 Å². The van der Waals surface area contributed by atoms with Gasteiger partial charge in [0.15, 0.2) is 0 Å². The molecule has 1 saturated carbocycles. The zero-order valence-electron chi connectivity index (χ0n) is 14.8. The third-order valence-electron chi connectivity index (χ3n) is 5.48. The molecule has 1 atom stereocenters. The van der Waals surface area contributed by atoms with E-state index in [9.17, 15) is 9.90 Å². The first-order valence-corrected chi connectivity index (χ1v) is 9.91. The van der Waals surface area contributed by atoms with Gasteiger partial charge in [-0.2, -0.15) is 0 Å². The van der Waals surface area contributed by atoms with Crippen LogP contribution >= 0.6 is 11.3 Å². The van der Waals surface area contributed by atoms with Crippen LogP contribution in [0.25, 0.3) is 0 Å². The highest BCUT2D eigenvalue weighted by Gasteiger charge is 2.36. The molecule has 1 N–H and O–H groups in total. The number of rotatable bonds is 6. The maximum atomic E-state index is 12.5. The lowest BCUT2D eigenvalue weighted by Gasteiger charge is -2.25. The van der Waals surface area contributed by atoms with Crippen molar-refractivity contribution in [2.45, 2.75) is 57.6 Å². The fraction of sp³-hybridized carbons (Fsp3) is 0.778. The molecule has 3 rings (SSSR count). The van der Waals surface area contributed by atoms with Gasteiger partial charge in [-0.25, -0.2) is 4.98 Å². The van der Waals surface area contributed by atoms with Crippen LogP contribution in [0.5, 0.6) is 0 Å². The van der Waals surface area contributed by atoms with E-state index in [2.05, 4.69) is 23.9 Å². The summed E-state index contributed by atoms with van der Waals surface area (Å²) in [7, 11) is 2.14. The Bertz CT molecular complexity index is 568. The fourth-order valence-corrected chi connectivity index (χ4v) is 4.90. The quantitative estimate of drug-likeness (QED) is 0.855. The number of aromatic nitrogens is 1. The van der Waals surface area contributed by atoms with Gasteiger partial charge in [0.05, 0.1) is 23.2 Å². The molecule has 1 aromatic rings. The van der Waals surface area contributed by atoms with Crippen molar-refractivity contribution in [2.24, 2.45) is 5.92 Å². The summed E-state index contributed by atoms with van der Waals surface area (Å²) in [6.07, 6.45) is 5.05. The van der Waals surface area contributed by atoms with E-state index in [1.54, 1.807) is 11.3 Å². The summed E-state index contributed by atoms with van der Waals surface area (Å²) >= 11 is 1.71. The molecular weight excluding hydrogens is 322 g/mol. The molecule has 0 bridgehead atoms. The SMILES string of the molecule is Cc1ncsc1CN(C)C[C@H]1CCN(C(=O)CC2(O)CCCC2)C1. The standard InChI is InChI=1S/C18H29N3O2S/c1-14-16(24-13-19-14)12-20(2)10-15-5-8-21(11-15)17(22)9-18(23)6-3-4-7-18/h13,15,23H,3-12H2,1-2H3/t15-/m1/s1. The Morgan fingerprint density at radius 1 is 1.50 bits per heavy atom. The van der Waals surface area contributed by atoms with Crippen LogP contribution in [0.2, 0.25) is 0 Å². The van der Waals surface area contributed by atoms with Gasteiger partial charge in [-0.3, -0.25) is 4.79 Å². The first kappa shape index (κ1) is 17.8. The Morgan fingerprint density at radius 3 is 2.92 bits per heavy atom. The summed E-state index contributed by atoms with van der Waals surface area (Å²) in [4.78, 5) is 22.4. The second-order valence-corrected chi connectivity index (χ2v) is 8.60. The van der Waals surface area contributed by atoms with Crippen molar-refractivity contribution in [3.05, 3.63) is 16.1 Å². The first-order valence-electron chi connectivity index (χ1n) is 9.03. The van der Waals surface area contributed by atoms with Gasteiger partial charge in [-0.1, -0.05) is 12.8 Å². The molecule has 6 heteroatoms. The van der Waals surface area contributed by atoms with Crippen molar-refractivity contribution in [1.29, 1.82) is 0 Å². The normalized spacial score (nSPS) is 23.3. The number of hydrogen-bond acceptors (Lipinski definition) is 5. The predicted octanol–water partition coefficient (Wildman–Crippen LogP) is 2.43. The number of likely N-dealkylation sites (tertiary alicyclic amines) is 1. The van der Waals surface area contributed by atoms with E-state index >= 15 is 0 Å². The minimum Gasteiger partial charge on any atom is -0.389 e. The molecule has 24 heavy (non-hydrogen) atoms. The van der Waals surface area contributed by atoms with Crippen LogP contribution < -0.4 is 0 Å². The van der Waals surface area contributed by atoms with E-state index in [0.717, 1.165) is 64.0 Å². The molecule has 134 valence electrons. The number of carbonyl (C=O) groups is 1. The number of amides is 1. The Hall–Kier alpha value is -0.980. The van der Waals surface area contributed by atoms with Crippen LogP contribution in [-0.2, 0) is 11.3 Å². The summed E-state index contributed by atoms with van der Waals surface area (Å²) < 4.78 is 0. The van der Waals surface area contributed by atoms with Gasteiger partial charge < -0.3 is 14.9 Å². The summed E-state index contributed by atoms with van der Waals surface area (Å²) in [5, 5.41) is 10.4. The van der Waals surface area contributed by atoms with Crippen LogP contribution in [0, 0.1) is 12.8 Å². The highest BCUT2D eigenvalue weighted by Crippen LogP contribution is 2.33. The fourth-order valence-electron chi connectivity index (χ4n) is 4.04. The number of hydrogen-bond donors (Lipinski definition) is 1. The van der Waals surface area contributed by atoms with E-state index in [0.29, 0.717) is 12.3 Å². The average molecular weight is 352 g/mol. The Kier molecular flexibility index (Phi) is 5.57. The molecule has 1 aliphatic heterocycles. The van der Waals surface area contributed by atoms with Gasteiger partial charge in [-0.15, -0.1) is 11.3 Å².